The first kappa shape index (κ1) is 38.0. The van der Waals surface area contributed by atoms with E-state index in [0.29, 0.717) is 24.7 Å². The van der Waals surface area contributed by atoms with Gasteiger partial charge in [-0.3, -0.25) is 9.59 Å². The van der Waals surface area contributed by atoms with Crippen LogP contribution in [0.5, 0.6) is 0 Å². The number of rotatable bonds is 10. The largest absolute Gasteiger partial charge is 0.380 e. The monoisotopic (exact) mass is 726 g/mol. The minimum atomic E-state index is -0.133. The first-order chi connectivity index (χ1) is 26.1. The van der Waals surface area contributed by atoms with E-state index >= 15 is 0 Å². The average molecular weight is 727 g/mol. The van der Waals surface area contributed by atoms with E-state index in [0.717, 1.165) is 89.2 Å². The average Bonchev–Trinajstić information content (AvgIpc) is 3.10. The summed E-state index contributed by atoms with van der Waals surface area (Å²) in [7, 11) is 0. The molecule has 54 heavy (non-hydrogen) atoms. The maximum atomic E-state index is 13.2. The molecule has 4 aliphatic rings. The lowest BCUT2D eigenvalue weighted by Gasteiger charge is -2.45. The molecule has 0 atom stereocenters. The number of benzene rings is 4. The maximum absolute atomic E-state index is 13.2. The molecule has 0 aromatic heterocycles. The summed E-state index contributed by atoms with van der Waals surface area (Å²) in [6.45, 7) is 12.0. The van der Waals surface area contributed by atoms with Crippen molar-refractivity contribution in [3.8, 4) is 0 Å². The van der Waals surface area contributed by atoms with Crippen LogP contribution in [0.2, 0.25) is 0 Å². The molecule has 284 valence electrons. The second-order valence-electron chi connectivity index (χ2n) is 17.0. The molecule has 0 spiro atoms. The van der Waals surface area contributed by atoms with Crippen LogP contribution in [0, 0.1) is 0 Å². The Morgan fingerprint density at radius 3 is 1.69 bits per heavy atom. The second-order valence-corrected chi connectivity index (χ2v) is 17.0. The van der Waals surface area contributed by atoms with Gasteiger partial charge in [-0.1, -0.05) is 84.9 Å². The number of aryl methyl sites for hydroxylation is 3. The predicted molar refractivity (Wildman–Crippen MR) is 219 cm³/mol. The van der Waals surface area contributed by atoms with E-state index in [2.05, 4.69) is 122 Å². The molecular formula is C48H58N2O4. The summed E-state index contributed by atoms with van der Waals surface area (Å²) in [6.07, 6.45) is 8.97. The molecule has 8 rings (SSSR count). The Hall–Kier alpha value is -4.26. The summed E-state index contributed by atoms with van der Waals surface area (Å²) in [5.74, 6) is 1.48. The first-order valence-electron chi connectivity index (χ1n) is 20.2. The molecule has 4 heterocycles. The zero-order chi connectivity index (χ0) is 37.7. The van der Waals surface area contributed by atoms with Crippen molar-refractivity contribution >= 4 is 23.2 Å². The van der Waals surface area contributed by atoms with E-state index in [-0.39, 0.29) is 22.9 Å². The molecule has 2 fully saturated rings. The summed E-state index contributed by atoms with van der Waals surface area (Å²) >= 11 is 0. The Kier molecular flexibility index (Phi) is 11.7. The highest BCUT2D eigenvalue weighted by Crippen LogP contribution is 2.43. The lowest BCUT2D eigenvalue weighted by molar-refractivity contribution is -0.120. The number of ether oxygens (including phenoxy) is 2. The molecule has 6 heteroatoms. The Bertz CT molecular complexity index is 1830. The molecule has 0 aliphatic carbocycles. The molecule has 2 saturated heterocycles. The normalized spacial score (nSPS) is 18.7. The summed E-state index contributed by atoms with van der Waals surface area (Å²) in [5.41, 5.74) is 9.94. The minimum Gasteiger partial charge on any atom is -0.380 e. The number of carbonyl (C=O) groups excluding carboxylic acids is 2. The molecule has 0 radical (unpaired) electrons. The molecule has 0 N–H and O–H groups in total. The Labute approximate surface area is 322 Å². The Balaban J connectivity index is 0.000000167. The molecule has 2 amide bonds. The van der Waals surface area contributed by atoms with Crippen molar-refractivity contribution in [2.24, 2.45) is 0 Å². The van der Waals surface area contributed by atoms with Crippen LogP contribution >= 0.6 is 0 Å². The molecule has 0 unspecified atom stereocenters. The number of amides is 2. The fourth-order valence-corrected chi connectivity index (χ4v) is 8.65. The summed E-state index contributed by atoms with van der Waals surface area (Å²) in [6, 6.07) is 34.0. The van der Waals surface area contributed by atoms with Gasteiger partial charge in [-0.15, -0.1) is 0 Å². The molecular weight excluding hydrogens is 669 g/mol. The third-order valence-electron chi connectivity index (χ3n) is 12.1. The number of anilines is 2. The highest BCUT2D eigenvalue weighted by Gasteiger charge is 2.39. The zero-order valence-electron chi connectivity index (χ0n) is 32.8. The van der Waals surface area contributed by atoms with Crippen molar-refractivity contribution in [1.82, 2.24) is 0 Å². The standard InChI is InChI=1S/2C24H29NO2/c1-24(2)15-14-21-20(19-16-27-17-19)11-7-12-22(21)25(24)23(26)13-6-10-18-8-4-3-5-9-18;1-24(2)14-13-19-11-12-20(21-16-27-17-21)15-22(19)25(24)23(26)10-6-9-18-7-4-3-5-8-18/h3-5,7-9,11-12,19H,6,10,13-17H2,1-2H3;3-5,7-8,11-12,15,21H,6,9-10,13-14,16-17H2,1-2H3. The predicted octanol–water partition coefficient (Wildman–Crippen LogP) is 9.76. The van der Waals surface area contributed by atoms with Gasteiger partial charge in [-0.05, 0) is 125 Å². The van der Waals surface area contributed by atoms with Gasteiger partial charge in [0.25, 0.3) is 0 Å². The van der Waals surface area contributed by atoms with E-state index < -0.39 is 0 Å². The highest BCUT2D eigenvalue weighted by molar-refractivity contribution is 5.97. The van der Waals surface area contributed by atoms with Crippen LogP contribution in [0.3, 0.4) is 0 Å². The van der Waals surface area contributed by atoms with Gasteiger partial charge in [0.1, 0.15) is 0 Å². The summed E-state index contributed by atoms with van der Waals surface area (Å²) < 4.78 is 10.8. The van der Waals surface area contributed by atoms with Crippen LogP contribution in [0.1, 0.15) is 111 Å². The van der Waals surface area contributed by atoms with Crippen LogP contribution in [0.4, 0.5) is 11.4 Å². The van der Waals surface area contributed by atoms with Crippen molar-refractivity contribution in [3.63, 3.8) is 0 Å². The van der Waals surface area contributed by atoms with E-state index in [1.165, 1.54) is 33.4 Å². The lowest BCUT2D eigenvalue weighted by atomic mass is 9.81. The molecule has 0 bridgehead atoms. The van der Waals surface area contributed by atoms with Crippen LogP contribution in [-0.4, -0.2) is 49.3 Å². The van der Waals surface area contributed by atoms with E-state index in [1.807, 2.05) is 12.1 Å². The minimum absolute atomic E-state index is 0.133. The Morgan fingerprint density at radius 2 is 1.15 bits per heavy atom. The van der Waals surface area contributed by atoms with Gasteiger partial charge in [0.15, 0.2) is 0 Å². The number of nitrogens with zero attached hydrogens (tertiary/aromatic N) is 2. The van der Waals surface area contributed by atoms with Crippen LogP contribution in [0.25, 0.3) is 0 Å². The highest BCUT2D eigenvalue weighted by atomic mass is 16.5. The third-order valence-corrected chi connectivity index (χ3v) is 12.1. The smallest absolute Gasteiger partial charge is 0.227 e. The van der Waals surface area contributed by atoms with Gasteiger partial charge in [0.05, 0.1) is 26.4 Å². The van der Waals surface area contributed by atoms with Gasteiger partial charge in [-0.2, -0.15) is 0 Å². The summed E-state index contributed by atoms with van der Waals surface area (Å²) in [5, 5.41) is 0. The second kappa shape index (κ2) is 16.6. The van der Waals surface area contributed by atoms with E-state index in [9.17, 15) is 9.59 Å². The zero-order valence-corrected chi connectivity index (χ0v) is 32.8. The first-order valence-corrected chi connectivity index (χ1v) is 20.2. The fourth-order valence-electron chi connectivity index (χ4n) is 8.65. The van der Waals surface area contributed by atoms with Gasteiger partial charge in [0.2, 0.25) is 11.8 Å². The lowest BCUT2D eigenvalue weighted by Crippen LogP contribution is -2.51. The van der Waals surface area contributed by atoms with Gasteiger partial charge in [-0.25, -0.2) is 0 Å². The van der Waals surface area contributed by atoms with E-state index in [1.54, 1.807) is 0 Å². The SMILES string of the molecule is CC1(C)CCc2c(C3COC3)cccc2N1C(=O)CCCc1ccccc1.CC1(C)CCc2ccc(C3COC3)cc2N1C(=O)CCCc1ccccc1. The van der Waals surface area contributed by atoms with Crippen molar-refractivity contribution in [3.05, 3.63) is 130 Å². The number of fused-ring (bicyclic) bond motifs is 2. The summed E-state index contributed by atoms with van der Waals surface area (Å²) in [4.78, 5) is 30.6. The fraction of sp³-hybridized carbons (Fsp3) is 0.458. The molecule has 4 aromatic rings. The van der Waals surface area contributed by atoms with Crippen LogP contribution in [0.15, 0.2) is 97.1 Å². The van der Waals surface area contributed by atoms with Crippen molar-refractivity contribution < 1.29 is 19.1 Å². The number of hydrogen-bond donors (Lipinski definition) is 0. The molecule has 4 aliphatic heterocycles. The number of carbonyl (C=O) groups is 2. The number of hydrogen-bond acceptors (Lipinski definition) is 4. The van der Waals surface area contributed by atoms with Crippen LogP contribution in [-0.2, 0) is 44.7 Å². The maximum Gasteiger partial charge on any atom is 0.227 e. The topological polar surface area (TPSA) is 59.1 Å². The molecule has 0 saturated carbocycles. The van der Waals surface area contributed by atoms with Gasteiger partial charge < -0.3 is 19.3 Å². The Morgan fingerprint density at radius 1 is 0.611 bits per heavy atom. The third kappa shape index (κ3) is 8.50. The van der Waals surface area contributed by atoms with Gasteiger partial charge in [0, 0.05) is 47.1 Å². The quantitative estimate of drug-likeness (QED) is 0.163. The van der Waals surface area contributed by atoms with Crippen LogP contribution < -0.4 is 9.80 Å². The molecule has 4 aromatic carbocycles. The van der Waals surface area contributed by atoms with E-state index in [4.69, 9.17) is 9.47 Å². The van der Waals surface area contributed by atoms with Crippen molar-refractivity contribution in [1.29, 1.82) is 0 Å². The van der Waals surface area contributed by atoms with Crippen molar-refractivity contribution in [2.45, 2.75) is 115 Å². The van der Waals surface area contributed by atoms with Crippen molar-refractivity contribution in [2.75, 3.05) is 36.2 Å². The van der Waals surface area contributed by atoms with Gasteiger partial charge >= 0.3 is 0 Å². The molecule has 6 nitrogen and oxygen atoms in total.